The average Bonchev–Trinajstić information content (AvgIpc) is 2.56. The number of rotatable bonds is 7. The number of carbonyl (C=O) groups is 2. The van der Waals surface area contributed by atoms with Gasteiger partial charge < -0.3 is 10.6 Å². The first-order chi connectivity index (χ1) is 11.1. The van der Waals surface area contributed by atoms with Crippen molar-refractivity contribution in [2.45, 2.75) is 19.8 Å². The molecule has 2 rings (SSSR count). The van der Waals surface area contributed by atoms with Gasteiger partial charge in [-0.05, 0) is 31.0 Å². The largest absolute Gasteiger partial charge is 0.356 e. The van der Waals surface area contributed by atoms with Gasteiger partial charge in [0, 0.05) is 25.1 Å². The average molecular weight is 310 g/mol. The zero-order valence-electron chi connectivity index (χ0n) is 13.3. The van der Waals surface area contributed by atoms with Gasteiger partial charge in [0.05, 0.1) is 0 Å². The van der Waals surface area contributed by atoms with Crippen molar-refractivity contribution < 1.29 is 9.59 Å². The van der Waals surface area contributed by atoms with Crippen LogP contribution in [0.3, 0.4) is 0 Å². The number of benzene rings is 2. The van der Waals surface area contributed by atoms with Crippen molar-refractivity contribution in [3.05, 3.63) is 71.3 Å². The molecule has 0 aromatic heterocycles. The number of nitrogens with one attached hydrogen (secondary N) is 2. The van der Waals surface area contributed by atoms with Crippen LogP contribution in [0, 0.1) is 6.92 Å². The van der Waals surface area contributed by atoms with E-state index in [1.54, 1.807) is 6.07 Å². The minimum Gasteiger partial charge on any atom is -0.356 e. The Hall–Kier alpha value is -2.62. The van der Waals surface area contributed by atoms with Crippen molar-refractivity contribution in [3.8, 4) is 0 Å². The normalized spacial score (nSPS) is 10.1. The number of amides is 2. The molecule has 2 N–H and O–H groups in total. The van der Waals surface area contributed by atoms with E-state index < -0.39 is 0 Å². The fourth-order valence-corrected chi connectivity index (χ4v) is 2.26. The molecule has 0 unspecified atom stereocenters. The van der Waals surface area contributed by atoms with Gasteiger partial charge in [-0.2, -0.15) is 0 Å². The molecule has 23 heavy (non-hydrogen) atoms. The van der Waals surface area contributed by atoms with Crippen molar-refractivity contribution >= 4 is 11.8 Å². The Morgan fingerprint density at radius 3 is 2.43 bits per heavy atom. The highest BCUT2D eigenvalue weighted by atomic mass is 16.2. The Morgan fingerprint density at radius 2 is 1.70 bits per heavy atom. The number of carbonyl (C=O) groups excluding carboxylic acids is 2. The summed E-state index contributed by atoms with van der Waals surface area (Å²) in [5.74, 6) is -0.198. The van der Waals surface area contributed by atoms with E-state index >= 15 is 0 Å². The van der Waals surface area contributed by atoms with Crippen LogP contribution in [0.5, 0.6) is 0 Å². The van der Waals surface area contributed by atoms with E-state index in [1.165, 1.54) is 5.56 Å². The fraction of sp³-hybridized carbons (Fsp3) is 0.263. The maximum absolute atomic E-state index is 11.9. The summed E-state index contributed by atoms with van der Waals surface area (Å²) in [5, 5.41) is 5.63. The second-order valence-corrected chi connectivity index (χ2v) is 5.46. The van der Waals surface area contributed by atoms with Gasteiger partial charge >= 0.3 is 0 Å². The SMILES string of the molecule is Cc1cccc(C(=O)NCCC(=O)NCCc2ccccc2)c1. The molecule has 0 atom stereocenters. The van der Waals surface area contributed by atoms with Gasteiger partial charge in [0.25, 0.3) is 5.91 Å². The Kier molecular flexibility index (Phi) is 6.36. The van der Waals surface area contributed by atoms with Crippen LogP contribution in [0.1, 0.15) is 27.9 Å². The van der Waals surface area contributed by atoms with Crippen LogP contribution in [-0.2, 0) is 11.2 Å². The molecule has 0 aliphatic rings. The summed E-state index contributed by atoms with van der Waals surface area (Å²) in [6, 6.07) is 17.4. The molecular weight excluding hydrogens is 288 g/mol. The molecule has 0 heterocycles. The lowest BCUT2D eigenvalue weighted by atomic mass is 10.1. The Labute approximate surface area is 136 Å². The molecule has 2 aromatic rings. The van der Waals surface area contributed by atoms with Crippen LogP contribution >= 0.6 is 0 Å². The lowest BCUT2D eigenvalue weighted by Gasteiger charge is -2.07. The molecule has 0 aliphatic carbocycles. The summed E-state index contributed by atoms with van der Waals surface area (Å²) in [5.41, 5.74) is 2.85. The molecule has 2 aromatic carbocycles. The third-order valence-corrected chi connectivity index (χ3v) is 3.50. The highest BCUT2D eigenvalue weighted by molar-refractivity contribution is 5.94. The molecule has 0 saturated carbocycles. The van der Waals surface area contributed by atoms with Gasteiger partial charge in [-0.15, -0.1) is 0 Å². The van der Waals surface area contributed by atoms with Crippen LogP contribution in [0.15, 0.2) is 54.6 Å². The number of hydrogen-bond acceptors (Lipinski definition) is 2. The maximum atomic E-state index is 11.9. The van der Waals surface area contributed by atoms with Crippen molar-refractivity contribution in [2.75, 3.05) is 13.1 Å². The Balaban J connectivity index is 1.64. The van der Waals surface area contributed by atoms with Gasteiger partial charge in [0.2, 0.25) is 5.91 Å². The van der Waals surface area contributed by atoms with Gasteiger partial charge in [-0.1, -0.05) is 48.0 Å². The van der Waals surface area contributed by atoms with Gasteiger partial charge in [-0.3, -0.25) is 9.59 Å². The standard InChI is InChI=1S/C19H22N2O2/c1-15-6-5-9-17(14-15)19(23)21-13-11-18(22)20-12-10-16-7-3-2-4-8-16/h2-9,14H,10-13H2,1H3,(H,20,22)(H,21,23). The lowest BCUT2D eigenvalue weighted by molar-refractivity contribution is -0.120. The predicted octanol–water partition coefficient (Wildman–Crippen LogP) is 2.47. The van der Waals surface area contributed by atoms with Crippen molar-refractivity contribution in [3.63, 3.8) is 0 Å². The quantitative estimate of drug-likeness (QED) is 0.825. The van der Waals surface area contributed by atoms with Crippen molar-refractivity contribution in [1.82, 2.24) is 10.6 Å². The fourth-order valence-electron chi connectivity index (χ4n) is 2.26. The van der Waals surface area contributed by atoms with Crippen LogP contribution in [0.4, 0.5) is 0 Å². The maximum Gasteiger partial charge on any atom is 0.251 e. The first kappa shape index (κ1) is 16.7. The molecule has 0 aliphatic heterocycles. The molecule has 120 valence electrons. The Morgan fingerprint density at radius 1 is 0.913 bits per heavy atom. The highest BCUT2D eigenvalue weighted by Gasteiger charge is 2.06. The minimum atomic E-state index is -0.147. The molecule has 0 saturated heterocycles. The van der Waals surface area contributed by atoms with E-state index in [2.05, 4.69) is 10.6 Å². The summed E-state index contributed by atoms with van der Waals surface area (Å²) in [6.07, 6.45) is 1.09. The highest BCUT2D eigenvalue weighted by Crippen LogP contribution is 2.03. The van der Waals surface area contributed by atoms with Crippen molar-refractivity contribution in [1.29, 1.82) is 0 Å². The summed E-state index contributed by atoms with van der Waals surface area (Å²) in [7, 11) is 0. The summed E-state index contributed by atoms with van der Waals surface area (Å²) in [4.78, 5) is 23.7. The molecule has 0 spiro atoms. The van der Waals surface area contributed by atoms with E-state index in [-0.39, 0.29) is 18.2 Å². The van der Waals surface area contributed by atoms with Crippen LogP contribution in [0.2, 0.25) is 0 Å². The number of hydrogen-bond donors (Lipinski definition) is 2. The molecule has 4 heteroatoms. The van der Waals surface area contributed by atoms with E-state index in [9.17, 15) is 9.59 Å². The van der Waals surface area contributed by atoms with Gasteiger partial charge in [0.15, 0.2) is 0 Å². The monoisotopic (exact) mass is 310 g/mol. The third-order valence-electron chi connectivity index (χ3n) is 3.50. The Bertz CT molecular complexity index is 653. The summed E-state index contributed by atoms with van der Waals surface area (Å²) in [6.45, 7) is 2.88. The molecule has 0 fully saturated rings. The summed E-state index contributed by atoms with van der Waals surface area (Å²) < 4.78 is 0. The van der Waals surface area contributed by atoms with Gasteiger partial charge in [0.1, 0.15) is 0 Å². The lowest BCUT2D eigenvalue weighted by Crippen LogP contribution is -2.31. The van der Waals surface area contributed by atoms with Crippen LogP contribution in [-0.4, -0.2) is 24.9 Å². The third kappa shape index (κ3) is 5.94. The first-order valence-electron chi connectivity index (χ1n) is 7.80. The van der Waals surface area contributed by atoms with Crippen molar-refractivity contribution in [2.24, 2.45) is 0 Å². The molecule has 0 radical (unpaired) electrons. The van der Waals surface area contributed by atoms with E-state index in [1.807, 2.05) is 55.5 Å². The second-order valence-electron chi connectivity index (χ2n) is 5.46. The number of aryl methyl sites for hydroxylation is 1. The van der Waals surface area contributed by atoms with Gasteiger partial charge in [-0.25, -0.2) is 0 Å². The molecular formula is C19H22N2O2. The zero-order valence-corrected chi connectivity index (χ0v) is 13.3. The van der Waals surface area contributed by atoms with E-state index in [0.29, 0.717) is 18.7 Å². The molecule has 0 bridgehead atoms. The summed E-state index contributed by atoms with van der Waals surface area (Å²) >= 11 is 0. The van der Waals surface area contributed by atoms with E-state index in [0.717, 1.165) is 12.0 Å². The smallest absolute Gasteiger partial charge is 0.251 e. The first-order valence-corrected chi connectivity index (χ1v) is 7.80. The van der Waals surface area contributed by atoms with Crippen LogP contribution < -0.4 is 10.6 Å². The van der Waals surface area contributed by atoms with Crippen LogP contribution in [0.25, 0.3) is 0 Å². The van der Waals surface area contributed by atoms with E-state index in [4.69, 9.17) is 0 Å². The predicted molar refractivity (Wildman–Crippen MR) is 91.3 cm³/mol. The zero-order chi connectivity index (χ0) is 16.5. The minimum absolute atomic E-state index is 0.0505. The second kappa shape index (κ2) is 8.73. The molecule has 2 amide bonds. The molecule has 4 nitrogen and oxygen atoms in total. The topological polar surface area (TPSA) is 58.2 Å².